The largest absolute Gasteiger partial charge is 0.354 e. The van der Waals surface area contributed by atoms with Gasteiger partial charge in [-0.25, -0.2) is 4.79 Å². The molecule has 0 spiro atoms. The first-order chi connectivity index (χ1) is 11.2. The smallest absolute Gasteiger partial charge is 0.315 e. The van der Waals surface area contributed by atoms with Gasteiger partial charge >= 0.3 is 6.03 Å². The topological polar surface area (TPSA) is 70.2 Å². The summed E-state index contributed by atoms with van der Waals surface area (Å²) in [4.78, 5) is 24.2. The van der Waals surface area contributed by atoms with Crippen LogP contribution in [-0.2, 0) is 4.79 Å². The Labute approximate surface area is 137 Å². The van der Waals surface area contributed by atoms with Crippen LogP contribution in [-0.4, -0.2) is 24.5 Å². The van der Waals surface area contributed by atoms with Crippen LogP contribution in [0.2, 0.25) is 0 Å². The van der Waals surface area contributed by atoms with Crippen LogP contribution in [0.1, 0.15) is 50.1 Å². The highest BCUT2D eigenvalue weighted by atomic mass is 16.2. The minimum Gasteiger partial charge on any atom is -0.354 e. The molecule has 2 atom stereocenters. The van der Waals surface area contributed by atoms with Crippen LogP contribution in [0.3, 0.4) is 0 Å². The van der Waals surface area contributed by atoms with Crippen LogP contribution in [0.25, 0.3) is 0 Å². The lowest BCUT2D eigenvalue weighted by molar-refractivity contribution is -0.124. The van der Waals surface area contributed by atoms with Crippen LogP contribution >= 0.6 is 0 Å². The number of hydrogen-bond donors (Lipinski definition) is 3. The average molecular weight is 315 g/mol. The summed E-state index contributed by atoms with van der Waals surface area (Å²) in [7, 11) is 0. The maximum absolute atomic E-state index is 12.4. The highest BCUT2D eigenvalue weighted by Gasteiger charge is 2.29. The molecule has 3 rings (SSSR count). The predicted octanol–water partition coefficient (Wildman–Crippen LogP) is 2.50. The van der Waals surface area contributed by atoms with Crippen molar-refractivity contribution in [2.24, 2.45) is 5.92 Å². The molecule has 23 heavy (non-hydrogen) atoms. The van der Waals surface area contributed by atoms with Crippen LogP contribution in [0.5, 0.6) is 0 Å². The average Bonchev–Trinajstić information content (AvgIpc) is 3.10. The van der Waals surface area contributed by atoms with E-state index in [-0.39, 0.29) is 18.0 Å². The van der Waals surface area contributed by atoms with Gasteiger partial charge in [0.25, 0.3) is 0 Å². The molecule has 1 saturated heterocycles. The Morgan fingerprint density at radius 2 is 1.83 bits per heavy atom. The van der Waals surface area contributed by atoms with Crippen molar-refractivity contribution in [1.29, 1.82) is 0 Å². The molecule has 3 N–H and O–H groups in total. The van der Waals surface area contributed by atoms with Crippen LogP contribution in [0.4, 0.5) is 4.79 Å². The molecule has 1 aromatic rings. The Bertz CT molecular complexity index is 540. The lowest BCUT2D eigenvalue weighted by Crippen LogP contribution is -2.53. The number of piperidine rings is 1. The summed E-state index contributed by atoms with van der Waals surface area (Å²) in [5.41, 5.74) is 1.14. The molecule has 1 aliphatic heterocycles. The molecule has 1 aliphatic carbocycles. The van der Waals surface area contributed by atoms with Gasteiger partial charge in [0.1, 0.15) is 6.04 Å². The fraction of sp³-hybridized carbons (Fsp3) is 0.556. The van der Waals surface area contributed by atoms with Gasteiger partial charge < -0.3 is 16.0 Å². The number of urea groups is 1. The SMILES string of the molecule is O=C(N[C@H]1CCCNC1=O)N[C@H](c1ccccc1)C1CCCC1. The van der Waals surface area contributed by atoms with E-state index in [9.17, 15) is 9.59 Å². The summed E-state index contributed by atoms with van der Waals surface area (Å²) < 4.78 is 0. The van der Waals surface area contributed by atoms with Gasteiger partial charge in [0.15, 0.2) is 0 Å². The second kappa shape index (κ2) is 7.49. The molecule has 124 valence electrons. The standard InChI is InChI=1S/C18H25N3O2/c22-17-15(11-6-12-19-17)20-18(23)21-16(14-9-4-5-10-14)13-7-2-1-3-8-13/h1-3,7-8,14-16H,4-6,9-12H2,(H,19,22)(H2,20,21,23)/t15-,16+/m0/s1. The number of rotatable bonds is 4. The van der Waals surface area contributed by atoms with Crippen molar-refractivity contribution in [2.45, 2.75) is 50.6 Å². The molecule has 2 aliphatic rings. The molecule has 0 unspecified atom stereocenters. The van der Waals surface area contributed by atoms with Crippen molar-refractivity contribution in [2.75, 3.05) is 6.54 Å². The Balaban J connectivity index is 1.65. The summed E-state index contributed by atoms with van der Waals surface area (Å²) in [5, 5.41) is 8.74. The Morgan fingerprint density at radius 3 is 2.52 bits per heavy atom. The highest BCUT2D eigenvalue weighted by Crippen LogP contribution is 2.35. The molecular formula is C18H25N3O2. The van der Waals surface area contributed by atoms with Gasteiger partial charge in [-0.3, -0.25) is 4.79 Å². The summed E-state index contributed by atoms with van der Waals surface area (Å²) in [6.07, 6.45) is 6.35. The van der Waals surface area contributed by atoms with Gasteiger partial charge in [0.2, 0.25) is 5.91 Å². The molecular weight excluding hydrogens is 290 g/mol. The monoisotopic (exact) mass is 315 g/mol. The molecule has 0 radical (unpaired) electrons. The highest BCUT2D eigenvalue weighted by molar-refractivity contribution is 5.87. The summed E-state index contributed by atoms with van der Waals surface area (Å²) in [6, 6.07) is 9.49. The molecule has 2 fully saturated rings. The van der Waals surface area contributed by atoms with Crippen molar-refractivity contribution >= 4 is 11.9 Å². The van der Waals surface area contributed by atoms with Crippen LogP contribution < -0.4 is 16.0 Å². The van der Waals surface area contributed by atoms with E-state index in [1.807, 2.05) is 18.2 Å². The van der Waals surface area contributed by atoms with Gasteiger partial charge in [0.05, 0.1) is 6.04 Å². The molecule has 5 heteroatoms. The second-order valence-electron chi connectivity index (χ2n) is 6.54. The van der Waals surface area contributed by atoms with E-state index < -0.39 is 6.04 Å². The van der Waals surface area contributed by atoms with Crippen molar-refractivity contribution < 1.29 is 9.59 Å². The third-order valence-corrected chi connectivity index (χ3v) is 4.91. The fourth-order valence-corrected chi connectivity index (χ4v) is 3.68. The molecule has 1 heterocycles. The third-order valence-electron chi connectivity index (χ3n) is 4.91. The Hall–Kier alpha value is -2.04. The zero-order valence-electron chi connectivity index (χ0n) is 13.4. The van der Waals surface area contributed by atoms with Crippen LogP contribution in [0, 0.1) is 5.92 Å². The van der Waals surface area contributed by atoms with E-state index in [0.29, 0.717) is 18.9 Å². The quantitative estimate of drug-likeness (QED) is 0.799. The van der Waals surface area contributed by atoms with E-state index in [2.05, 4.69) is 28.1 Å². The zero-order chi connectivity index (χ0) is 16.1. The van der Waals surface area contributed by atoms with Gasteiger partial charge in [-0.05, 0) is 37.2 Å². The molecule has 3 amide bonds. The van der Waals surface area contributed by atoms with E-state index in [1.165, 1.54) is 12.8 Å². The lowest BCUT2D eigenvalue weighted by Gasteiger charge is -2.28. The first-order valence-electron chi connectivity index (χ1n) is 8.64. The normalized spacial score (nSPS) is 23.1. The zero-order valence-corrected chi connectivity index (χ0v) is 13.4. The maximum Gasteiger partial charge on any atom is 0.315 e. The minimum atomic E-state index is -0.413. The van der Waals surface area contributed by atoms with E-state index >= 15 is 0 Å². The Kier molecular flexibility index (Phi) is 5.16. The lowest BCUT2D eigenvalue weighted by atomic mass is 9.92. The van der Waals surface area contributed by atoms with E-state index in [4.69, 9.17) is 0 Å². The van der Waals surface area contributed by atoms with Crippen molar-refractivity contribution in [3.63, 3.8) is 0 Å². The fourth-order valence-electron chi connectivity index (χ4n) is 3.68. The van der Waals surface area contributed by atoms with Gasteiger partial charge in [-0.1, -0.05) is 43.2 Å². The van der Waals surface area contributed by atoms with Gasteiger partial charge in [0, 0.05) is 6.54 Å². The van der Waals surface area contributed by atoms with Gasteiger partial charge in [-0.2, -0.15) is 0 Å². The van der Waals surface area contributed by atoms with E-state index in [0.717, 1.165) is 24.8 Å². The van der Waals surface area contributed by atoms with E-state index in [1.54, 1.807) is 0 Å². The number of carbonyl (C=O) groups excluding carboxylic acids is 2. The predicted molar refractivity (Wildman–Crippen MR) is 88.8 cm³/mol. The molecule has 0 bridgehead atoms. The van der Waals surface area contributed by atoms with Crippen LogP contribution in [0.15, 0.2) is 30.3 Å². The summed E-state index contributed by atoms with van der Waals surface area (Å²) in [6.45, 7) is 0.702. The number of carbonyl (C=O) groups is 2. The number of amides is 3. The molecule has 1 aromatic carbocycles. The third kappa shape index (κ3) is 4.03. The van der Waals surface area contributed by atoms with Crippen molar-refractivity contribution in [1.82, 2.24) is 16.0 Å². The molecule has 1 saturated carbocycles. The minimum absolute atomic E-state index is 0.0188. The summed E-state index contributed by atoms with van der Waals surface area (Å²) >= 11 is 0. The number of nitrogens with one attached hydrogen (secondary N) is 3. The van der Waals surface area contributed by atoms with Crippen molar-refractivity contribution in [3.05, 3.63) is 35.9 Å². The summed E-state index contributed by atoms with van der Waals surface area (Å²) in [5.74, 6) is 0.395. The maximum atomic E-state index is 12.4. The van der Waals surface area contributed by atoms with Crippen molar-refractivity contribution in [3.8, 4) is 0 Å². The first kappa shape index (κ1) is 15.8. The molecule has 0 aromatic heterocycles. The second-order valence-corrected chi connectivity index (χ2v) is 6.54. The Morgan fingerprint density at radius 1 is 1.09 bits per heavy atom. The number of benzene rings is 1. The first-order valence-corrected chi connectivity index (χ1v) is 8.64. The molecule has 5 nitrogen and oxygen atoms in total. The van der Waals surface area contributed by atoms with Gasteiger partial charge in [-0.15, -0.1) is 0 Å². The number of hydrogen-bond acceptors (Lipinski definition) is 2.